The summed E-state index contributed by atoms with van der Waals surface area (Å²) in [5.74, 6) is 0.877. The van der Waals surface area contributed by atoms with E-state index in [4.69, 9.17) is 0 Å². The summed E-state index contributed by atoms with van der Waals surface area (Å²) < 4.78 is 0. The average Bonchev–Trinajstić information content (AvgIpc) is 2.91. The summed E-state index contributed by atoms with van der Waals surface area (Å²) in [5, 5.41) is 6.72. The Hall–Kier alpha value is -1.35. The smallest absolute Gasteiger partial charge is 0.237 e. The van der Waals surface area contributed by atoms with E-state index in [1.165, 1.54) is 36.8 Å². The SMILES string of the molecule is Cc1cccc([C@@H](C)NC(=O)C2CC3CCCCC3N2)c1. The van der Waals surface area contributed by atoms with Crippen LogP contribution in [-0.4, -0.2) is 18.0 Å². The van der Waals surface area contributed by atoms with Gasteiger partial charge in [-0.2, -0.15) is 0 Å². The summed E-state index contributed by atoms with van der Waals surface area (Å²) in [7, 11) is 0. The molecular formula is C18H26N2O. The van der Waals surface area contributed by atoms with Crippen molar-refractivity contribution in [2.24, 2.45) is 5.92 Å². The fourth-order valence-electron chi connectivity index (χ4n) is 3.86. The molecule has 3 unspecified atom stereocenters. The average molecular weight is 286 g/mol. The maximum atomic E-state index is 12.5. The van der Waals surface area contributed by atoms with Crippen LogP contribution in [-0.2, 0) is 4.79 Å². The normalized spacial score (nSPS) is 29.7. The number of fused-ring (bicyclic) bond motifs is 1. The molecule has 1 aromatic rings. The summed E-state index contributed by atoms with van der Waals surface area (Å²) >= 11 is 0. The summed E-state index contributed by atoms with van der Waals surface area (Å²) in [6, 6.07) is 9.01. The highest BCUT2D eigenvalue weighted by molar-refractivity contribution is 5.82. The minimum absolute atomic E-state index is 0.00496. The van der Waals surface area contributed by atoms with Crippen LogP contribution in [0.15, 0.2) is 24.3 Å². The molecular weight excluding hydrogens is 260 g/mol. The molecule has 0 radical (unpaired) electrons. The zero-order valence-electron chi connectivity index (χ0n) is 13.1. The first-order chi connectivity index (χ1) is 10.1. The minimum atomic E-state index is 0.00496. The Labute approximate surface area is 127 Å². The van der Waals surface area contributed by atoms with Crippen molar-refractivity contribution in [3.05, 3.63) is 35.4 Å². The Morgan fingerprint density at radius 2 is 2.14 bits per heavy atom. The molecule has 4 atom stereocenters. The first-order valence-electron chi connectivity index (χ1n) is 8.26. The van der Waals surface area contributed by atoms with Crippen molar-refractivity contribution < 1.29 is 4.79 Å². The molecule has 3 heteroatoms. The van der Waals surface area contributed by atoms with E-state index in [9.17, 15) is 4.79 Å². The number of carbonyl (C=O) groups is 1. The molecule has 1 amide bonds. The molecule has 3 nitrogen and oxygen atoms in total. The molecule has 1 saturated carbocycles. The van der Waals surface area contributed by atoms with Gasteiger partial charge in [-0.15, -0.1) is 0 Å². The Balaban J connectivity index is 1.59. The van der Waals surface area contributed by atoms with Crippen molar-refractivity contribution in [3.8, 4) is 0 Å². The first-order valence-corrected chi connectivity index (χ1v) is 8.26. The zero-order chi connectivity index (χ0) is 14.8. The van der Waals surface area contributed by atoms with Gasteiger partial charge in [0.15, 0.2) is 0 Å². The third kappa shape index (κ3) is 3.29. The van der Waals surface area contributed by atoms with Gasteiger partial charge >= 0.3 is 0 Å². The van der Waals surface area contributed by atoms with E-state index in [1.807, 2.05) is 0 Å². The molecule has 1 aromatic carbocycles. The van der Waals surface area contributed by atoms with Crippen LogP contribution in [0.2, 0.25) is 0 Å². The molecule has 1 aliphatic carbocycles. The Morgan fingerprint density at radius 1 is 1.33 bits per heavy atom. The van der Waals surface area contributed by atoms with Crippen LogP contribution in [0.3, 0.4) is 0 Å². The van der Waals surface area contributed by atoms with Crippen molar-refractivity contribution in [2.75, 3.05) is 0 Å². The topological polar surface area (TPSA) is 41.1 Å². The number of hydrogen-bond donors (Lipinski definition) is 2. The van der Waals surface area contributed by atoms with E-state index >= 15 is 0 Å². The predicted molar refractivity (Wildman–Crippen MR) is 85.0 cm³/mol. The summed E-state index contributed by atoms with van der Waals surface area (Å²) in [6.45, 7) is 4.15. The van der Waals surface area contributed by atoms with Gasteiger partial charge in [0.2, 0.25) is 5.91 Å². The molecule has 0 bridgehead atoms. The van der Waals surface area contributed by atoms with Crippen molar-refractivity contribution in [1.29, 1.82) is 0 Å². The van der Waals surface area contributed by atoms with E-state index in [2.05, 4.69) is 48.7 Å². The quantitative estimate of drug-likeness (QED) is 0.896. The number of aryl methyl sites for hydroxylation is 1. The second kappa shape index (κ2) is 6.18. The highest BCUT2D eigenvalue weighted by Crippen LogP contribution is 2.33. The number of hydrogen-bond acceptors (Lipinski definition) is 2. The fourth-order valence-corrected chi connectivity index (χ4v) is 3.86. The number of nitrogens with one attached hydrogen (secondary N) is 2. The van der Waals surface area contributed by atoms with Crippen LogP contribution in [0.1, 0.15) is 56.2 Å². The molecule has 2 N–H and O–H groups in total. The highest BCUT2D eigenvalue weighted by atomic mass is 16.2. The molecule has 2 fully saturated rings. The molecule has 21 heavy (non-hydrogen) atoms. The van der Waals surface area contributed by atoms with Crippen LogP contribution < -0.4 is 10.6 Å². The van der Waals surface area contributed by atoms with Gasteiger partial charge in [0.05, 0.1) is 12.1 Å². The van der Waals surface area contributed by atoms with Crippen LogP contribution in [0.4, 0.5) is 0 Å². The Kier molecular flexibility index (Phi) is 4.29. The zero-order valence-corrected chi connectivity index (χ0v) is 13.1. The van der Waals surface area contributed by atoms with E-state index < -0.39 is 0 Å². The highest BCUT2D eigenvalue weighted by Gasteiger charge is 2.38. The lowest BCUT2D eigenvalue weighted by Crippen LogP contribution is -2.43. The lowest BCUT2D eigenvalue weighted by atomic mass is 9.85. The molecule has 1 aliphatic heterocycles. The first kappa shape index (κ1) is 14.6. The van der Waals surface area contributed by atoms with Crippen LogP contribution >= 0.6 is 0 Å². The largest absolute Gasteiger partial charge is 0.348 e. The molecule has 1 saturated heterocycles. The summed E-state index contributed by atoms with van der Waals surface area (Å²) in [6.07, 6.45) is 6.17. The van der Waals surface area contributed by atoms with Crippen LogP contribution in [0.5, 0.6) is 0 Å². The predicted octanol–water partition coefficient (Wildman–Crippen LogP) is 3.09. The minimum Gasteiger partial charge on any atom is -0.348 e. The fraction of sp³-hybridized carbons (Fsp3) is 0.611. The van der Waals surface area contributed by atoms with Crippen molar-refractivity contribution in [3.63, 3.8) is 0 Å². The lowest BCUT2D eigenvalue weighted by molar-refractivity contribution is -0.123. The molecule has 114 valence electrons. The van der Waals surface area contributed by atoms with Gasteiger partial charge in [-0.3, -0.25) is 4.79 Å². The van der Waals surface area contributed by atoms with E-state index in [0.717, 1.165) is 6.42 Å². The summed E-state index contributed by atoms with van der Waals surface area (Å²) in [4.78, 5) is 12.5. The van der Waals surface area contributed by atoms with E-state index in [1.54, 1.807) is 0 Å². The number of amides is 1. The summed E-state index contributed by atoms with van der Waals surface area (Å²) in [5.41, 5.74) is 2.41. The van der Waals surface area contributed by atoms with Crippen molar-refractivity contribution in [2.45, 2.75) is 64.1 Å². The lowest BCUT2D eigenvalue weighted by Gasteiger charge is -2.24. The second-order valence-electron chi connectivity index (χ2n) is 6.75. The van der Waals surface area contributed by atoms with Crippen LogP contribution in [0, 0.1) is 12.8 Å². The monoisotopic (exact) mass is 286 g/mol. The van der Waals surface area contributed by atoms with E-state index in [-0.39, 0.29) is 18.0 Å². The van der Waals surface area contributed by atoms with Crippen molar-refractivity contribution in [1.82, 2.24) is 10.6 Å². The standard InChI is InChI=1S/C18H26N2O/c1-12-6-5-8-14(10-12)13(2)19-18(21)17-11-15-7-3-4-9-16(15)20-17/h5-6,8,10,13,15-17,20H,3-4,7,9,11H2,1-2H3,(H,19,21)/t13-,15?,16?,17?/m1/s1. The molecule has 3 rings (SSSR count). The molecule has 0 spiro atoms. The third-order valence-electron chi connectivity index (χ3n) is 5.08. The van der Waals surface area contributed by atoms with Gasteiger partial charge in [0.25, 0.3) is 0 Å². The van der Waals surface area contributed by atoms with Gasteiger partial charge in [0.1, 0.15) is 0 Å². The van der Waals surface area contributed by atoms with Gasteiger partial charge in [-0.05, 0) is 44.6 Å². The van der Waals surface area contributed by atoms with Gasteiger partial charge in [-0.1, -0.05) is 42.7 Å². The number of benzene rings is 1. The Bertz CT molecular complexity index is 500. The van der Waals surface area contributed by atoms with Gasteiger partial charge in [-0.25, -0.2) is 0 Å². The third-order valence-corrected chi connectivity index (χ3v) is 5.08. The van der Waals surface area contributed by atoms with Gasteiger partial charge in [0, 0.05) is 6.04 Å². The number of rotatable bonds is 3. The Morgan fingerprint density at radius 3 is 2.90 bits per heavy atom. The molecule has 0 aromatic heterocycles. The molecule has 2 aliphatic rings. The second-order valence-corrected chi connectivity index (χ2v) is 6.75. The molecule has 1 heterocycles. The van der Waals surface area contributed by atoms with Crippen molar-refractivity contribution >= 4 is 5.91 Å². The van der Waals surface area contributed by atoms with Gasteiger partial charge < -0.3 is 10.6 Å². The van der Waals surface area contributed by atoms with Crippen LogP contribution in [0.25, 0.3) is 0 Å². The maximum Gasteiger partial charge on any atom is 0.237 e. The van der Waals surface area contributed by atoms with E-state index in [0.29, 0.717) is 12.0 Å². The maximum absolute atomic E-state index is 12.5. The number of carbonyl (C=O) groups excluding carboxylic acids is 1.